The first kappa shape index (κ1) is 13.7. The normalized spacial score (nSPS) is 21.8. The van der Waals surface area contributed by atoms with Gasteiger partial charge in [-0.15, -0.1) is 0 Å². The Kier molecular flexibility index (Phi) is 3.85. The fourth-order valence-corrected chi connectivity index (χ4v) is 3.00. The lowest BCUT2D eigenvalue weighted by atomic mass is 10.1. The lowest BCUT2D eigenvalue weighted by Crippen LogP contribution is -2.43. The lowest BCUT2D eigenvalue weighted by molar-refractivity contribution is 0.0672. The topological polar surface area (TPSA) is 41.6 Å². The van der Waals surface area contributed by atoms with E-state index in [1.54, 1.807) is 25.3 Å². The maximum atomic E-state index is 12.9. The third-order valence-corrected chi connectivity index (χ3v) is 4.23. The summed E-state index contributed by atoms with van der Waals surface area (Å²) in [6.07, 6.45) is 3.24. The summed E-state index contributed by atoms with van der Waals surface area (Å²) < 4.78 is 5.31. The van der Waals surface area contributed by atoms with E-state index in [1.165, 1.54) is 0 Å². The second-order valence-corrected chi connectivity index (χ2v) is 5.87. The highest BCUT2D eigenvalue weighted by atomic mass is 35.5. The van der Waals surface area contributed by atoms with Gasteiger partial charge in [0, 0.05) is 23.7 Å². The van der Waals surface area contributed by atoms with E-state index in [-0.39, 0.29) is 5.91 Å². The highest BCUT2D eigenvalue weighted by molar-refractivity contribution is 6.30. The van der Waals surface area contributed by atoms with Crippen LogP contribution in [-0.4, -0.2) is 43.1 Å². The molecule has 1 heterocycles. The van der Waals surface area contributed by atoms with Gasteiger partial charge in [-0.2, -0.15) is 0 Å². The number of hydrogen-bond donors (Lipinski definition) is 1. The van der Waals surface area contributed by atoms with Crippen molar-refractivity contribution in [2.24, 2.45) is 0 Å². The van der Waals surface area contributed by atoms with Crippen LogP contribution in [0.15, 0.2) is 18.2 Å². The van der Waals surface area contributed by atoms with Crippen LogP contribution in [0.25, 0.3) is 0 Å². The summed E-state index contributed by atoms with van der Waals surface area (Å²) in [6.45, 7) is 1.87. The van der Waals surface area contributed by atoms with Crippen molar-refractivity contribution in [1.82, 2.24) is 10.2 Å². The second kappa shape index (κ2) is 5.62. The molecule has 108 valence electrons. The van der Waals surface area contributed by atoms with Crippen molar-refractivity contribution in [2.45, 2.75) is 31.3 Å². The first-order valence-electron chi connectivity index (χ1n) is 7.07. The molecule has 1 atom stereocenters. The molecule has 0 spiro atoms. The molecule has 1 aromatic rings. The maximum absolute atomic E-state index is 12.9. The molecule has 4 nitrogen and oxygen atoms in total. The van der Waals surface area contributed by atoms with E-state index in [4.69, 9.17) is 16.3 Å². The van der Waals surface area contributed by atoms with Gasteiger partial charge in [-0.25, -0.2) is 0 Å². The van der Waals surface area contributed by atoms with Gasteiger partial charge in [0.25, 0.3) is 5.91 Å². The van der Waals surface area contributed by atoms with Crippen LogP contribution >= 0.6 is 11.6 Å². The second-order valence-electron chi connectivity index (χ2n) is 5.43. The van der Waals surface area contributed by atoms with Crippen LogP contribution in [-0.2, 0) is 0 Å². The molecule has 3 rings (SSSR count). The van der Waals surface area contributed by atoms with Gasteiger partial charge in [0.05, 0.1) is 12.7 Å². The Balaban J connectivity index is 1.89. The van der Waals surface area contributed by atoms with Gasteiger partial charge in [0.15, 0.2) is 0 Å². The quantitative estimate of drug-likeness (QED) is 0.926. The summed E-state index contributed by atoms with van der Waals surface area (Å²) in [4.78, 5) is 14.9. The lowest BCUT2D eigenvalue weighted by Gasteiger charge is -2.29. The zero-order valence-electron chi connectivity index (χ0n) is 11.6. The number of benzene rings is 1. The van der Waals surface area contributed by atoms with Crippen molar-refractivity contribution < 1.29 is 9.53 Å². The Bertz CT molecular complexity index is 511. The van der Waals surface area contributed by atoms with Crippen LogP contribution in [0.2, 0.25) is 5.02 Å². The zero-order valence-corrected chi connectivity index (χ0v) is 12.3. The molecule has 1 aliphatic carbocycles. The standard InChI is InChI=1S/C15H19ClN2O2/c1-20-14-8-10(16)2-5-13(14)15(19)18(11-3-4-11)12-6-7-17-9-12/h2,5,8,11-12,17H,3-4,6-7,9H2,1H3. The molecule has 1 saturated heterocycles. The smallest absolute Gasteiger partial charge is 0.258 e. The molecule has 5 heteroatoms. The van der Waals surface area contributed by atoms with Crippen LogP contribution in [0.5, 0.6) is 5.75 Å². The third-order valence-electron chi connectivity index (χ3n) is 4.00. The molecule has 0 radical (unpaired) electrons. The molecule has 0 bridgehead atoms. The van der Waals surface area contributed by atoms with Crippen molar-refractivity contribution in [3.63, 3.8) is 0 Å². The molecule has 0 aromatic heterocycles. The van der Waals surface area contributed by atoms with E-state index in [9.17, 15) is 4.79 Å². The minimum absolute atomic E-state index is 0.0646. The number of carbonyl (C=O) groups is 1. The Morgan fingerprint density at radius 1 is 1.35 bits per heavy atom. The van der Waals surface area contributed by atoms with E-state index in [2.05, 4.69) is 5.32 Å². The summed E-state index contributed by atoms with van der Waals surface area (Å²) in [5, 5.41) is 3.92. The van der Waals surface area contributed by atoms with E-state index >= 15 is 0 Å². The van der Waals surface area contributed by atoms with Crippen molar-refractivity contribution in [3.05, 3.63) is 28.8 Å². The third kappa shape index (κ3) is 2.63. The monoisotopic (exact) mass is 294 g/mol. The molecule has 20 heavy (non-hydrogen) atoms. The molecule has 1 unspecified atom stereocenters. The van der Waals surface area contributed by atoms with Crippen LogP contribution in [0.1, 0.15) is 29.6 Å². The molecule has 2 aliphatic rings. The molecule has 1 saturated carbocycles. The molecule has 2 fully saturated rings. The maximum Gasteiger partial charge on any atom is 0.258 e. The molecular weight excluding hydrogens is 276 g/mol. The number of rotatable bonds is 4. The Morgan fingerprint density at radius 3 is 2.75 bits per heavy atom. The van der Waals surface area contributed by atoms with E-state index < -0.39 is 0 Å². The van der Waals surface area contributed by atoms with Gasteiger partial charge in [-0.3, -0.25) is 4.79 Å². The first-order valence-corrected chi connectivity index (χ1v) is 7.45. The number of methoxy groups -OCH3 is 1. The summed E-state index contributed by atoms with van der Waals surface area (Å²) in [7, 11) is 1.57. The molecule has 1 aromatic carbocycles. The fourth-order valence-electron chi connectivity index (χ4n) is 2.84. The summed E-state index contributed by atoms with van der Waals surface area (Å²) in [5.41, 5.74) is 0.607. The highest BCUT2D eigenvalue weighted by Crippen LogP contribution is 2.34. The van der Waals surface area contributed by atoms with Crippen molar-refractivity contribution in [2.75, 3.05) is 20.2 Å². The van der Waals surface area contributed by atoms with Crippen LogP contribution in [0.4, 0.5) is 0 Å². The first-order chi connectivity index (χ1) is 9.70. The number of nitrogens with zero attached hydrogens (tertiary/aromatic N) is 1. The Hall–Kier alpha value is -1.26. The highest BCUT2D eigenvalue weighted by Gasteiger charge is 2.39. The number of nitrogens with one attached hydrogen (secondary N) is 1. The minimum Gasteiger partial charge on any atom is -0.496 e. The zero-order chi connectivity index (χ0) is 14.1. The molecule has 1 amide bonds. The van der Waals surface area contributed by atoms with Gasteiger partial charge < -0.3 is 15.0 Å². The average molecular weight is 295 g/mol. The molecular formula is C15H19ClN2O2. The van der Waals surface area contributed by atoms with Gasteiger partial charge in [0.1, 0.15) is 5.75 Å². The van der Waals surface area contributed by atoms with Gasteiger partial charge in [-0.05, 0) is 44.0 Å². The number of hydrogen-bond acceptors (Lipinski definition) is 3. The van der Waals surface area contributed by atoms with Crippen LogP contribution < -0.4 is 10.1 Å². The number of ether oxygens (including phenoxy) is 1. The summed E-state index contributed by atoms with van der Waals surface area (Å²) in [6, 6.07) is 5.91. The Morgan fingerprint density at radius 2 is 2.15 bits per heavy atom. The van der Waals surface area contributed by atoms with Gasteiger partial charge in [-0.1, -0.05) is 11.6 Å². The van der Waals surface area contributed by atoms with Crippen molar-refractivity contribution in [1.29, 1.82) is 0 Å². The SMILES string of the molecule is COc1cc(Cl)ccc1C(=O)N(C1CC1)C1CCNC1. The van der Waals surface area contributed by atoms with E-state index in [1.807, 2.05) is 4.90 Å². The molecule has 1 N–H and O–H groups in total. The predicted molar refractivity (Wildman–Crippen MR) is 78.5 cm³/mol. The van der Waals surface area contributed by atoms with E-state index in [0.717, 1.165) is 32.4 Å². The van der Waals surface area contributed by atoms with Gasteiger partial charge >= 0.3 is 0 Å². The van der Waals surface area contributed by atoms with Crippen molar-refractivity contribution >= 4 is 17.5 Å². The number of carbonyl (C=O) groups excluding carboxylic acids is 1. The fraction of sp³-hybridized carbons (Fsp3) is 0.533. The van der Waals surface area contributed by atoms with Crippen molar-refractivity contribution in [3.8, 4) is 5.75 Å². The van der Waals surface area contributed by atoms with Gasteiger partial charge in [0.2, 0.25) is 0 Å². The number of halogens is 1. The summed E-state index contributed by atoms with van der Waals surface area (Å²) in [5.74, 6) is 0.619. The van der Waals surface area contributed by atoms with Crippen LogP contribution in [0, 0.1) is 0 Å². The molecule has 1 aliphatic heterocycles. The van der Waals surface area contributed by atoms with E-state index in [0.29, 0.717) is 28.4 Å². The predicted octanol–water partition coefficient (Wildman–Crippen LogP) is 2.32. The largest absolute Gasteiger partial charge is 0.496 e. The minimum atomic E-state index is 0.0646. The van der Waals surface area contributed by atoms with Crippen LogP contribution in [0.3, 0.4) is 0 Å². The average Bonchev–Trinajstić information content (AvgIpc) is 3.13. The Labute approximate surface area is 124 Å². The summed E-state index contributed by atoms with van der Waals surface area (Å²) >= 11 is 5.97. The number of amides is 1.